The van der Waals surface area contributed by atoms with Gasteiger partial charge in [-0.25, -0.2) is 8.42 Å². The van der Waals surface area contributed by atoms with Crippen molar-refractivity contribution < 1.29 is 18.0 Å². The SMILES string of the molecule is C[C@@H](C(=O)NC1CCCC1)N(Cc1ccccc1Cl)C(=O)CN(c1cccc(Cl)c1Cl)S(=O)(=O)c1ccccc1. The molecule has 0 radical (unpaired) electrons. The summed E-state index contributed by atoms with van der Waals surface area (Å²) in [7, 11) is -4.25. The molecule has 1 fully saturated rings. The third-order valence-corrected chi connectivity index (χ3v) is 9.93. The molecule has 1 atom stereocenters. The summed E-state index contributed by atoms with van der Waals surface area (Å²) < 4.78 is 28.6. The normalized spacial score (nSPS) is 14.5. The molecule has 1 aliphatic carbocycles. The summed E-state index contributed by atoms with van der Waals surface area (Å²) in [5, 5.41) is 3.59. The predicted molar refractivity (Wildman–Crippen MR) is 159 cm³/mol. The predicted octanol–water partition coefficient (Wildman–Crippen LogP) is 6.32. The Morgan fingerprint density at radius 1 is 0.900 bits per heavy atom. The minimum Gasteiger partial charge on any atom is -0.352 e. The van der Waals surface area contributed by atoms with Crippen LogP contribution in [0.2, 0.25) is 15.1 Å². The first-order chi connectivity index (χ1) is 19.1. The lowest BCUT2D eigenvalue weighted by atomic mass is 10.1. The average Bonchev–Trinajstić information content (AvgIpc) is 3.46. The molecule has 4 rings (SSSR count). The Kier molecular flexibility index (Phi) is 10.0. The monoisotopic (exact) mass is 621 g/mol. The van der Waals surface area contributed by atoms with E-state index in [1.807, 2.05) is 0 Å². The van der Waals surface area contributed by atoms with Crippen molar-refractivity contribution in [3.8, 4) is 0 Å². The second kappa shape index (κ2) is 13.3. The summed E-state index contributed by atoms with van der Waals surface area (Å²) in [6, 6.07) is 18.5. The van der Waals surface area contributed by atoms with E-state index in [9.17, 15) is 18.0 Å². The minimum atomic E-state index is -4.25. The third-order valence-electron chi connectivity index (χ3n) is 6.98. The Bertz CT molecular complexity index is 1460. The number of sulfonamides is 1. The van der Waals surface area contributed by atoms with Crippen molar-refractivity contribution in [3.63, 3.8) is 0 Å². The van der Waals surface area contributed by atoms with Gasteiger partial charge in [-0.2, -0.15) is 0 Å². The summed E-state index contributed by atoms with van der Waals surface area (Å²) in [4.78, 5) is 28.6. The highest BCUT2D eigenvalue weighted by Crippen LogP contribution is 2.35. The molecular formula is C29H30Cl3N3O4S. The number of amides is 2. The van der Waals surface area contributed by atoms with Crippen molar-refractivity contribution in [1.29, 1.82) is 0 Å². The molecule has 0 aliphatic heterocycles. The number of halogens is 3. The number of benzene rings is 3. The summed E-state index contributed by atoms with van der Waals surface area (Å²) in [6.07, 6.45) is 3.84. The standard InChI is InChI=1S/C29H30Cl3N3O4S/c1-20(29(37)33-22-11-6-7-12-22)34(18-21-10-5-8-15-24(21)30)27(36)19-35(26-17-9-16-25(31)28(26)32)40(38,39)23-13-3-2-4-14-23/h2-5,8-10,13-17,20,22H,6-7,11-12,18-19H2,1H3,(H,33,37)/t20-/m0/s1. The van der Waals surface area contributed by atoms with E-state index in [-0.39, 0.29) is 39.1 Å². The lowest BCUT2D eigenvalue weighted by Gasteiger charge is -2.33. The van der Waals surface area contributed by atoms with Crippen molar-refractivity contribution in [1.82, 2.24) is 10.2 Å². The molecule has 11 heteroatoms. The van der Waals surface area contributed by atoms with Crippen LogP contribution >= 0.6 is 34.8 Å². The van der Waals surface area contributed by atoms with Gasteiger partial charge in [0.1, 0.15) is 12.6 Å². The van der Waals surface area contributed by atoms with Gasteiger partial charge in [-0.15, -0.1) is 0 Å². The van der Waals surface area contributed by atoms with Crippen LogP contribution in [-0.2, 0) is 26.2 Å². The van der Waals surface area contributed by atoms with E-state index >= 15 is 0 Å². The van der Waals surface area contributed by atoms with Gasteiger partial charge in [0.2, 0.25) is 11.8 Å². The van der Waals surface area contributed by atoms with Gasteiger partial charge in [-0.1, -0.05) is 90.1 Å². The molecule has 40 heavy (non-hydrogen) atoms. The first kappa shape index (κ1) is 30.2. The number of rotatable bonds is 10. The second-order valence-electron chi connectivity index (χ2n) is 9.68. The Morgan fingerprint density at radius 2 is 1.52 bits per heavy atom. The lowest BCUT2D eigenvalue weighted by Crippen LogP contribution is -2.52. The number of carbonyl (C=O) groups is 2. The molecule has 0 spiro atoms. The second-order valence-corrected chi connectivity index (χ2v) is 12.7. The van der Waals surface area contributed by atoms with Gasteiger partial charge in [0.15, 0.2) is 0 Å². The van der Waals surface area contributed by atoms with E-state index in [2.05, 4.69) is 5.32 Å². The maximum atomic E-state index is 14.0. The van der Waals surface area contributed by atoms with Gasteiger partial charge >= 0.3 is 0 Å². The Labute approximate surface area is 250 Å². The number of hydrogen-bond acceptors (Lipinski definition) is 4. The van der Waals surface area contributed by atoms with Crippen molar-refractivity contribution in [2.45, 2.75) is 56.1 Å². The van der Waals surface area contributed by atoms with Crippen LogP contribution in [0.3, 0.4) is 0 Å². The van der Waals surface area contributed by atoms with Gasteiger partial charge in [-0.3, -0.25) is 13.9 Å². The molecule has 2 amide bonds. The molecule has 7 nitrogen and oxygen atoms in total. The lowest BCUT2D eigenvalue weighted by molar-refractivity contribution is -0.139. The zero-order valence-electron chi connectivity index (χ0n) is 21.9. The van der Waals surface area contributed by atoms with Gasteiger partial charge in [0.25, 0.3) is 10.0 Å². The first-order valence-electron chi connectivity index (χ1n) is 12.9. The van der Waals surface area contributed by atoms with Gasteiger partial charge in [0.05, 0.1) is 20.6 Å². The molecule has 0 heterocycles. The highest BCUT2D eigenvalue weighted by molar-refractivity contribution is 7.92. The number of hydrogen-bond donors (Lipinski definition) is 1. The van der Waals surface area contributed by atoms with E-state index < -0.39 is 28.5 Å². The fourth-order valence-corrected chi connectivity index (χ4v) is 6.79. The highest BCUT2D eigenvalue weighted by Gasteiger charge is 2.34. The van der Waals surface area contributed by atoms with Gasteiger partial charge in [-0.05, 0) is 55.7 Å². The molecule has 0 unspecified atom stereocenters. The van der Waals surface area contributed by atoms with E-state index in [0.29, 0.717) is 10.6 Å². The number of anilines is 1. The molecule has 0 bridgehead atoms. The van der Waals surface area contributed by atoms with Crippen LogP contribution in [0.5, 0.6) is 0 Å². The molecular weight excluding hydrogens is 593 g/mol. The third kappa shape index (κ3) is 6.92. The van der Waals surface area contributed by atoms with Crippen LogP contribution in [-0.4, -0.2) is 43.8 Å². The summed E-state index contributed by atoms with van der Waals surface area (Å²) >= 11 is 19.1. The molecule has 0 saturated heterocycles. The molecule has 3 aromatic carbocycles. The quantitative estimate of drug-likeness (QED) is 0.287. The van der Waals surface area contributed by atoms with Crippen LogP contribution in [0.1, 0.15) is 38.2 Å². The smallest absolute Gasteiger partial charge is 0.264 e. The zero-order chi connectivity index (χ0) is 28.9. The molecule has 1 aliphatic rings. The van der Waals surface area contributed by atoms with E-state index in [1.54, 1.807) is 55.5 Å². The minimum absolute atomic E-state index is 0.000261. The van der Waals surface area contributed by atoms with Crippen LogP contribution < -0.4 is 9.62 Å². The average molecular weight is 623 g/mol. The van der Waals surface area contributed by atoms with E-state index in [4.69, 9.17) is 34.8 Å². The van der Waals surface area contributed by atoms with Gasteiger partial charge in [0, 0.05) is 17.6 Å². The van der Waals surface area contributed by atoms with Crippen LogP contribution in [0.25, 0.3) is 0 Å². The molecule has 1 saturated carbocycles. The van der Waals surface area contributed by atoms with Gasteiger partial charge < -0.3 is 10.2 Å². The molecule has 1 N–H and O–H groups in total. The maximum absolute atomic E-state index is 14.0. The molecule has 212 valence electrons. The summed E-state index contributed by atoms with van der Waals surface area (Å²) in [5.74, 6) is -0.921. The number of nitrogens with zero attached hydrogens (tertiary/aromatic N) is 2. The Morgan fingerprint density at radius 3 is 2.20 bits per heavy atom. The topological polar surface area (TPSA) is 86.8 Å². The summed E-state index contributed by atoms with van der Waals surface area (Å²) in [6.45, 7) is 1.00. The fraction of sp³-hybridized carbons (Fsp3) is 0.310. The molecule has 3 aromatic rings. The van der Waals surface area contributed by atoms with E-state index in [0.717, 1.165) is 30.0 Å². The molecule has 0 aromatic heterocycles. The Balaban J connectivity index is 1.72. The fourth-order valence-electron chi connectivity index (χ4n) is 4.70. The van der Waals surface area contributed by atoms with Crippen molar-refractivity contribution in [2.24, 2.45) is 0 Å². The number of nitrogens with one attached hydrogen (secondary N) is 1. The number of carbonyl (C=O) groups excluding carboxylic acids is 2. The van der Waals surface area contributed by atoms with Crippen molar-refractivity contribution in [2.75, 3.05) is 10.8 Å². The van der Waals surface area contributed by atoms with Crippen molar-refractivity contribution >= 4 is 62.3 Å². The zero-order valence-corrected chi connectivity index (χ0v) is 25.0. The van der Waals surface area contributed by atoms with Crippen molar-refractivity contribution in [3.05, 3.63) is 93.4 Å². The van der Waals surface area contributed by atoms with E-state index in [1.165, 1.54) is 29.2 Å². The maximum Gasteiger partial charge on any atom is 0.264 e. The van der Waals surface area contributed by atoms with Crippen LogP contribution in [0, 0.1) is 0 Å². The first-order valence-corrected chi connectivity index (χ1v) is 15.5. The van der Waals surface area contributed by atoms with Crippen LogP contribution in [0.4, 0.5) is 5.69 Å². The largest absolute Gasteiger partial charge is 0.352 e. The summed E-state index contributed by atoms with van der Waals surface area (Å²) in [5.41, 5.74) is 0.670. The highest BCUT2D eigenvalue weighted by atomic mass is 35.5. The van der Waals surface area contributed by atoms with Crippen LogP contribution in [0.15, 0.2) is 77.7 Å². The Hall–Kier alpha value is -2.78.